The van der Waals surface area contributed by atoms with E-state index in [0.717, 1.165) is 19.4 Å². The number of benzene rings is 1. The minimum absolute atomic E-state index is 0.00866. The van der Waals surface area contributed by atoms with Crippen molar-refractivity contribution in [2.24, 2.45) is 0 Å². The molecule has 0 heterocycles. The molecule has 0 spiro atoms. The summed E-state index contributed by atoms with van der Waals surface area (Å²) in [5.41, 5.74) is 2.66. The van der Waals surface area contributed by atoms with E-state index in [1.165, 1.54) is 24.0 Å². The molecule has 1 aliphatic carbocycles. The first kappa shape index (κ1) is 13.6. The van der Waals surface area contributed by atoms with Crippen LogP contribution in [0, 0.1) is 6.92 Å². The Hall–Kier alpha value is -0.860. The second kappa shape index (κ2) is 5.85. The number of aryl methyl sites for hydroxylation is 1. The van der Waals surface area contributed by atoms with E-state index in [1.54, 1.807) is 0 Å². The largest absolute Gasteiger partial charge is 0.376 e. The number of hydrogen-bond acceptors (Lipinski definition) is 2. The lowest BCUT2D eigenvalue weighted by Gasteiger charge is -2.37. The van der Waals surface area contributed by atoms with Gasteiger partial charge in [-0.2, -0.15) is 0 Å². The molecule has 0 saturated heterocycles. The van der Waals surface area contributed by atoms with Gasteiger partial charge in [0.25, 0.3) is 0 Å². The summed E-state index contributed by atoms with van der Waals surface area (Å²) in [4.78, 5) is 0. The SMILES string of the molecule is CCNC(c1ccc(C)cc1)C1(OC)CCCC1. The zero-order chi connectivity index (χ0) is 13.0. The summed E-state index contributed by atoms with van der Waals surface area (Å²) in [6.45, 7) is 5.27. The molecule has 2 rings (SSSR count). The number of nitrogens with one attached hydrogen (secondary N) is 1. The van der Waals surface area contributed by atoms with Crippen LogP contribution in [0.25, 0.3) is 0 Å². The highest BCUT2D eigenvalue weighted by atomic mass is 16.5. The lowest BCUT2D eigenvalue weighted by molar-refractivity contribution is -0.0364. The molecule has 1 aliphatic rings. The second-order valence-corrected chi connectivity index (χ2v) is 5.38. The van der Waals surface area contributed by atoms with E-state index in [0.29, 0.717) is 6.04 Å². The maximum absolute atomic E-state index is 5.94. The highest BCUT2D eigenvalue weighted by Gasteiger charge is 2.41. The van der Waals surface area contributed by atoms with Gasteiger partial charge in [-0.05, 0) is 31.9 Å². The first-order valence-electron chi connectivity index (χ1n) is 7.07. The van der Waals surface area contributed by atoms with E-state index < -0.39 is 0 Å². The Morgan fingerprint density at radius 2 is 1.83 bits per heavy atom. The van der Waals surface area contributed by atoms with Gasteiger partial charge in [-0.1, -0.05) is 49.6 Å². The molecule has 100 valence electrons. The van der Waals surface area contributed by atoms with Crippen molar-refractivity contribution in [2.75, 3.05) is 13.7 Å². The Balaban J connectivity index is 2.29. The van der Waals surface area contributed by atoms with Crippen LogP contribution in [0.15, 0.2) is 24.3 Å². The van der Waals surface area contributed by atoms with Gasteiger partial charge in [0.05, 0.1) is 11.6 Å². The van der Waals surface area contributed by atoms with Gasteiger partial charge in [0.1, 0.15) is 0 Å². The third-order valence-electron chi connectivity index (χ3n) is 4.20. The molecule has 0 radical (unpaired) electrons. The first-order valence-corrected chi connectivity index (χ1v) is 7.07. The predicted molar refractivity (Wildman–Crippen MR) is 75.8 cm³/mol. The van der Waals surface area contributed by atoms with Crippen molar-refractivity contribution in [3.8, 4) is 0 Å². The van der Waals surface area contributed by atoms with Crippen molar-refractivity contribution < 1.29 is 4.74 Å². The van der Waals surface area contributed by atoms with Crippen molar-refractivity contribution in [3.05, 3.63) is 35.4 Å². The molecule has 1 N–H and O–H groups in total. The number of hydrogen-bond donors (Lipinski definition) is 1. The normalized spacial score (nSPS) is 19.9. The van der Waals surface area contributed by atoms with E-state index in [9.17, 15) is 0 Å². The van der Waals surface area contributed by atoms with E-state index >= 15 is 0 Å². The third kappa shape index (κ3) is 2.60. The van der Waals surface area contributed by atoms with Gasteiger partial charge < -0.3 is 10.1 Å². The minimum Gasteiger partial charge on any atom is -0.376 e. The van der Waals surface area contributed by atoms with Crippen LogP contribution in [0.5, 0.6) is 0 Å². The van der Waals surface area contributed by atoms with Crippen LogP contribution in [-0.2, 0) is 4.74 Å². The summed E-state index contributed by atoms with van der Waals surface area (Å²) in [5.74, 6) is 0. The molecule has 0 aliphatic heterocycles. The molecular formula is C16H25NO. The van der Waals surface area contributed by atoms with Gasteiger partial charge in [-0.3, -0.25) is 0 Å². The van der Waals surface area contributed by atoms with Crippen LogP contribution in [-0.4, -0.2) is 19.3 Å². The quantitative estimate of drug-likeness (QED) is 0.858. The minimum atomic E-state index is -0.00866. The van der Waals surface area contributed by atoms with Gasteiger partial charge in [0.15, 0.2) is 0 Å². The first-order chi connectivity index (χ1) is 8.72. The van der Waals surface area contributed by atoms with E-state index in [4.69, 9.17) is 4.74 Å². The Bertz CT molecular complexity index is 365. The molecule has 0 bridgehead atoms. The third-order valence-corrected chi connectivity index (χ3v) is 4.20. The van der Waals surface area contributed by atoms with Crippen molar-refractivity contribution in [1.82, 2.24) is 5.32 Å². The topological polar surface area (TPSA) is 21.3 Å². The fourth-order valence-corrected chi connectivity index (χ4v) is 3.15. The summed E-state index contributed by atoms with van der Waals surface area (Å²) in [5, 5.41) is 3.63. The average Bonchev–Trinajstić information content (AvgIpc) is 2.87. The van der Waals surface area contributed by atoms with Crippen LogP contribution in [0.2, 0.25) is 0 Å². The predicted octanol–water partition coefficient (Wildman–Crippen LogP) is 3.60. The summed E-state index contributed by atoms with van der Waals surface area (Å²) < 4.78 is 5.94. The lowest BCUT2D eigenvalue weighted by Crippen LogP contribution is -2.43. The van der Waals surface area contributed by atoms with Gasteiger partial charge in [0, 0.05) is 7.11 Å². The Morgan fingerprint density at radius 3 is 2.33 bits per heavy atom. The highest BCUT2D eigenvalue weighted by molar-refractivity contribution is 5.27. The number of ether oxygens (including phenoxy) is 1. The highest BCUT2D eigenvalue weighted by Crippen LogP contribution is 2.42. The molecule has 18 heavy (non-hydrogen) atoms. The molecule has 2 nitrogen and oxygen atoms in total. The van der Waals surface area contributed by atoms with E-state index in [-0.39, 0.29) is 5.60 Å². The van der Waals surface area contributed by atoms with Crippen LogP contribution >= 0.6 is 0 Å². The van der Waals surface area contributed by atoms with Crippen LogP contribution < -0.4 is 5.32 Å². The fraction of sp³-hybridized carbons (Fsp3) is 0.625. The van der Waals surface area contributed by atoms with Crippen LogP contribution in [0.4, 0.5) is 0 Å². The summed E-state index contributed by atoms with van der Waals surface area (Å²) in [6, 6.07) is 9.18. The van der Waals surface area contributed by atoms with Crippen molar-refractivity contribution >= 4 is 0 Å². The van der Waals surface area contributed by atoms with Gasteiger partial charge in [-0.15, -0.1) is 0 Å². The zero-order valence-corrected chi connectivity index (χ0v) is 11.8. The zero-order valence-electron chi connectivity index (χ0n) is 11.8. The van der Waals surface area contributed by atoms with Gasteiger partial charge in [0.2, 0.25) is 0 Å². The molecule has 1 saturated carbocycles. The summed E-state index contributed by atoms with van der Waals surface area (Å²) >= 11 is 0. The maximum atomic E-state index is 5.94. The smallest absolute Gasteiger partial charge is 0.0872 e. The van der Waals surface area contributed by atoms with Crippen LogP contribution in [0.1, 0.15) is 49.8 Å². The van der Waals surface area contributed by atoms with E-state index in [1.807, 2.05) is 7.11 Å². The molecule has 1 unspecified atom stereocenters. The monoisotopic (exact) mass is 247 g/mol. The second-order valence-electron chi connectivity index (χ2n) is 5.38. The fourth-order valence-electron chi connectivity index (χ4n) is 3.15. The van der Waals surface area contributed by atoms with Crippen molar-refractivity contribution in [3.63, 3.8) is 0 Å². The molecule has 0 aromatic heterocycles. The molecular weight excluding hydrogens is 222 g/mol. The van der Waals surface area contributed by atoms with Gasteiger partial charge in [-0.25, -0.2) is 0 Å². The Morgan fingerprint density at radius 1 is 1.22 bits per heavy atom. The standard InChI is InChI=1S/C16H25NO/c1-4-17-15(14-9-7-13(2)8-10-14)16(18-3)11-5-6-12-16/h7-10,15,17H,4-6,11-12H2,1-3H3. The number of rotatable bonds is 5. The molecule has 1 fully saturated rings. The average molecular weight is 247 g/mol. The lowest BCUT2D eigenvalue weighted by atomic mass is 9.86. The Kier molecular flexibility index (Phi) is 4.41. The summed E-state index contributed by atoms with van der Waals surface area (Å²) in [6.07, 6.45) is 4.88. The molecule has 1 atom stereocenters. The number of likely N-dealkylation sites (N-methyl/N-ethyl adjacent to an activating group) is 1. The molecule has 2 heteroatoms. The summed E-state index contributed by atoms with van der Waals surface area (Å²) in [7, 11) is 1.86. The Labute approximate surface area is 111 Å². The van der Waals surface area contributed by atoms with Crippen LogP contribution in [0.3, 0.4) is 0 Å². The molecule has 1 aromatic rings. The van der Waals surface area contributed by atoms with Gasteiger partial charge >= 0.3 is 0 Å². The molecule has 0 amide bonds. The number of methoxy groups -OCH3 is 1. The van der Waals surface area contributed by atoms with Crippen molar-refractivity contribution in [2.45, 2.75) is 51.2 Å². The van der Waals surface area contributed by atoms with E-state index in [2.05, 4.69) is 43.4 Å². The maximum Gasteiger partial charge on any atom is 0.0872 e. The molecule has 1 aromatic carbocycles. The van der Waals surface area contributed by atoms with Crippen molar-refractivity contribution in [1.29, 1.82) is 0 Å².